The fraction of sp³-hybridized carbons (Fsp3) is 0.200. The zero-order valence-electron chi connectivity index (χ0n) is 16.0. The fourth-order valence-electron chi connectivity index (χ4n) is 3.18. The summed E-state index contributed by atoms with van der Waals surface area (Å²) in [4.78, 5) is 39.0. The van der Waals surface area contributed by atoms with Gasteiger partial charge in [0, 0.05) is 16.7 Å². The molecule has 2 heterocycles. The average Bonchev–Trinajstić information content (AvgIpc) is 3.23. The minimum atomic E-state index is -0.636. The van der Waals surface area contributed by atoms with Crippen LogP contribution in [0.3, 0.4) is 0 Å². The molecule has 1 aliphatic heterocycles. The molecule has 0 fully saturated rings. The molecule has 1 N–H and O–H groups in total. The number of halogens is 1. The van der Waals surface area contributed by atoms with Crippen LogP contribution in [0.25, 0.3) is 0 Å². The lowest BCUT2D eigenvalue weighted by Gasteiger charge is -2.15. The van der Waals surface area contributed by atoms with Gasteiger partial charge in [0.1, 0.15) is 12.3 Å². The second-order valence-electron chi connectivity index (χ2n) is 6.67. The highest BCUT2D eigenvalue weighted by atomic mass is 79.9. The van der Waals surface area contributed by atoms with E-state index < -0.39 is 11.7 Å². The van der Waals surface area contributed by atoms with Crippen LogP contribution >= 0.6 is 15.9 Å². The van der Waals surface area contributed by atoms with Crippen LogP contribution in [0.1, 0.15) is 11.4 Å². The van der Waals surface area contributed by atoms with Gasteiger partial charge in [-0.15, -0.1) is 0 Å². The number of carbonyl (C=O) groups excluding carboxylic acids is 2. The predicted octanol–water partition coefficient (Wildman–Crippen LogP) is 2.12. The van der Waals surface area contributed by atoms with Crippen LogP contribution in [-0.4, -0.2) is 33.4 Å². The molecule has 2 aromatic carbocycles. The summed E-state index contributed by atoms with van der Waals surface area (Å²) in [6.07, 6.45) is 0. The largest absolute Gasteiger partial charge is 0.497 e. The van der Waals surface area contributed by atoms with E-state index in [2.05, 4.69) is 26.3 Å². The van der Waals surface area contributed by atoms with E-state index in [-0.39, 0.29) is 19.0 Å². The number of hydrogen-bond donors (Lipinski definition) is 1. The molecule has 0 saturated carbocycles. The summed E-state index contributed by atoms with van der Waals surface area (Å²) in [6.45, 7) is 0.209. The number of aromatic nitrogens is 3. The lowest BCUT2D eigenvalue weighted by Crippen LogP contribution is -2.37. The topological polar surface area (TPSA) is 98.5 Å². The molecular weight excluding hydrogens is 454 g/mol. The summed E-state index contributed by atoms with van der Waals surface area (Å²) in [5.74, 6) is 0.591. The second kappa shape index (κ2) is 8.15. The van der Waals surface area contributed by atoms with Gasteiger partial charge in [0.2, 0.25) is 5.91 Å². The highest BCUT2D eigenvalue weighted by molar-refractivity contribution is 9.10. The summed E-state index contributed by atoms with van der Waals surface area (Å²) in [7, 11) is 1.56. The zero-order valence-corrected chi connectivity index (χ0v) is 17.6. The number of nitrogens with one attached hydrogen (secondary N) is 1. The van der Waals surface area contributed by atoms with Crippen molar-refractivity contribution in [1.82, 2.24) is 19.7 Å². The van der Waals surface area contributed by atoms with Crippen molar-refractivity contribution >= 4 is 33.6 Å². The summed E-state index contributed by atoms with van der Waals surface area (Å²) in [5, 5.41) is 6.92. The molecule has 2 amide bonds. The summed E-state index contributed by atoms with van der Waals surface area (Å²) >= 11 is 3.38. The predicted molar refractivity (Wildman–Crippen MR) is 112 cm³/mol. The fourth-order valence-corrected chi connectivity index (χ4v) is 3.63. The van der Waals surface area contributed by atoms with Gasteiger partial charge in [0.05, 0.1) is 13.7 Å². The van der Waals surface area contributed by atoms with Gasteiger partial charge in [-0.05, 0) is 42.0 Å². The third kappa shape index (κ3) is 3.86. The van der Waals surface area contributed by atoms with Gasteiger partial charge in [-0.3, -0.25) is 9.69 Å². The molecule has 0 radical (unpaired) electrons. The first kappa shape index (κ1) is 19.9. The molecule has 30 heavy (non-hydrogen) atoms. The molecule has 0 spiro atoms. The first-order valence-corrected chi connectivity index (χ1v) is 9.91. The molecule has 1 aliphatic rings. The summed E-state index contributed by atoms with van der Waals surface area (Å²) in [6, 6.07) is 14.0. The molecule has 0 unspecified atom stereocenters. The Kier molecular flexibility index (Phi) is 5.40. The highest BCUT2D eigenvalue weighted by Gasteiger charge is 2.33. The molecule has 4 rings (SSSR count). The minimum Gasteiger partial charge on any atom is -0.497 e. The van der Waals surface area contributed by atoms with Gasteiger partial charge in [0.15, 0.2) is 5.82 Å². The lowest BCUT2D eigenvalue weighted by atomic mass is 10.2. The zero-order chi connectivity index (χ0) is 21.3. The third-order valence-electron chi connectivity index (χ3n) is 4.68. The number of hydrogen-bond acceptors (Lipinski definition) is 5. The Morgan fingerprint density at radius 1 is 1.20 bits per heavy atom. The van der Waals surface area contributed by atoms with Crippen LogP contribution in [0, 0.1) is 0 Å². The van der Waals surface area contributed by atoms with E-state index in [0.717, 1.165) is 19.3 Å². The van der Waals surface area contributed by atoms with Crippen LogP contribution in [-0.2, 0) is 24.4 Å². The Bertz CT molecular complexity index is 1170. The molecule has 0 atom stereocenters. The number of anilines is 1. The van der Waals surface area contributed by atoms with E-state index in [4.69, 9.17) is 4.74 Å². The standard InChI is InChI=1S/C20H18BrN5O4/c1-30-16-7-5-15(6-8-16)24-11-17-23-25(20(29)26(17)19(24)28)12-18(27)22-10-13-3-2-4-14(21)9-13/h2-9H,10-12H2,1H3,(H,22,27). The first-order valence-electron chi connectivity index (χ1n) is 9.12. The minimum absolute atomic E-state index is 0.146. The molecular formula is C20H18BrN5O4. The van der Waals surface area contributed by atoms with Crippen molar-refractivity contribution in [3.63, 3.8) is 0 Å². The monoisotopic (exact) mass is 471 g/mol. The molecule has 10 heteroatoms. The molecule has 154 valence electrons. The van der Waals surface area contributed by atoms with E-state index in [0.29, 0.717) is 23.8 Å². The van der Waals surface area contributed by atoms with Crippen LogP contribution in [0.2, 0.25) is 0 Å². The molecule has 3 aromatic rings. The Morgan fingerprint density at radius 2 is 1.97 bits per heavy atom. The average molecular weight is 472 g/mol. The summed E-state index contributed by atoms with van der Waals surface area (Å²) in [5.41, 5.74) is 0.912. The Morgan fingerprint density at radius 3 is 2.63 bits per heavy atom. The van der Waals surface area contributed by atoms with Crippen LogP contribution < -0.4 is 20.6 Å². The number of carbonyl (C=O) groups is 2. The maximum absolute atomic E-state index is 12.7. The van der Waals surface area contributed by atoms with Crippen LogP contribution in [0.4, 0.5) is 10.5 Å². The number of benzene rings is 2. The maximum atomic E-state index is 12.7. The van der Waals surface area contributed by atoms with Gasteiger partial charge in [0.25, 0.3) is 0 Å². The second-order valence-corrected chi connectivity index (χ2v) is 7.58. The number of fused-ring (bicyclic) bond motifs is 1. The lowest BCUT2D eigenvalue weighted by molar-refractivity contribution is -0.122. The van der Waals surface area contributed by atoms with E-state index in [1.54, 1.807) is 31.4 Å². The van der Waals surface area contributed by atoms with Crippen molar-refractivity contribution in [1.29, 1.82) is 0 Å². The van der Waals surface area contributed by atoms with E-state index >= 15 is 0 Å². The van der Waals surface area contributed by atoms with Gasteiger partial charge < -0.3 is 10.1 Å². The smallest absolute Gasteiger partial charge is 0.354 e. The number of rotatable bonds is 6. The highest BCUT2D eigenvalue weighted by Crippen LogP contribution is 2.24. The number of nitrogens with zero attached hydrogens (tertiary/aromatic N) is 4. The SMILES string of the molecule is COc1ccc(N2Cc3nn(CC(=O)NCc4cccc(Br)c4)c(=O)n3C2=O)cc1. The quantitative estimate of drug-likeness (QED) is 0.593. The number of amides is 2. The van der Waals surface area contributed by atoms with E-state index in [9.17, 15) is 14.4 Å². The normalized spacial score (nSPS) is 12.7. The molecule has 1 aromatic heterocycles. The van der Waals surface area contributed by atoms with Crippen molar-refractivity contribution in [3.05, 3.63) is 74.9 Å². The van der Waals surface area contributed by atoms with Crippen LogP contribution in [0.15, 0.2) is 57.8 Å². The van der Waals surface area contributed by atoms with Gasteiger partial charge in [-0.2, -0.15) is 9.67 Å². The maximum Gasteiger partial charge on any atom is 0.354 e. The first-order chi connectivity index (χ1) is 14.5. The van der Waals surface area contributed by atoms with Gasteiger partial charge in [-0.25, -0.2) is 14.3 Å². The van der Waals surface area contributed by atoms with Gasteiger partial charge in [-0.1, -0.05) is 28.1 Å². The summed E-state index contributed by atoms with van der Waals surface area (Å²) < 4.78 is 8.03. The van der Waals surface area contributed by atoms with Gasteiger partial charge >= 0.3 is 11.7 Å². The molecule has 0 bridgehead atoms. The molecule has 0 saturated heterocycles. The third-order valence-corrected chi connectivity index (χ3v) is 5.18. The van der Waals surface area contributed by atoms with Crippen molar-refractivity contribution in [2.75, 3.05) is 12.0 Å². The van der Waals surface area contributed by atoms with E-state index in [1.165, 1.54) is 4.90 Å². The Hall–Kier alpha value is -3.40. The molecule has 0 aliphatic carbocycles. The Balaban J connectivity index is 1.44. The number of ether oxygens (including phenoxy) is 1. The Labute approximate surface area is 180 Å². The van der Waals surface area contributed by atoms with Crippen molar-refractivity contribution < 1.29 is 14.3 Å². The van der Waals surface area contributed by atoms with Crippen molar-refractivity contribution in [2.45, 2.75) is 19.6 Å². The van der Waals surface area contributed by atoms with Crippen molar-refractivity contribution in [2.24, 2.45) is 0 Å². The number of methoxy groups -OCH3 is 1. The molecule has 9 nitrogen and oxygen atoms in total. The van der Waals surface area contributed by atoms with E-state index in [1.807, 2.05) is 24.3 Å². The van der Waals surface area contributed by atoms with Crippen molar-refractivity contribution in [3.8, 4) is 5.75 Å². The van der Waals surface area contributed by atoms with Crippen LogP contribution in [0.5, 0.6) is 5.75 Å².